The van der Waals surface area contributed by atoms with Gasteiger partial charge in [0.25, 0.3) is 0 Å². The Bertz CT molecular complexity index is 432. The molecule has 0 aliphatic heterocycles. The van der Waals surface area contributed by atoms with Crippen LogP contribution in [0.5, 0.6) is 0 Å². The Labute approximate surface area is 108 Å². The van der Waals surface area contributed by atoms with E-state index in [4.69, 9.17) is 5.11 Å². The molecule has 2 atom stereocenters. The van der Waals surface area contributed by atoms with Crippen LogP contribution in [0.3, 0.4) is 0 Å². The lowest BCUT2D eigenvalue weighted by Crippen LogP contribution is -2.30. The first-order valence-electron chi connectivity index (χ1n) is 6.16. The molecule has 0 fully saturated rings. The second-order valence-electron chi connectivity index (χ2n) is 4.97. The molecule has 2 unspecified atom stereocenters. The third-order valence-electron chi connectivity index (χ3n) is 2.96. The Morgan fingerprint density at radius 2 is 1.89 bits per heavy atom. The summed E-state index contributed by atoms with van der Waals surface area (Å²) in [4.78, 5) is 19.6. The second-order valence-corrected chi connectivity index (χ2v) is 4.97. The lowest BCUT2D eigenvalue weighted by Gasteiger charge is -2.18. The van der Waals surface area contributed by atoms with Gasteiger partial charge in [0.15, 0.2) is 0 Å². The molecule has 0 saturated carbocycles. The van der Waals surface area contributed by atoms with E-state index < -0.39 is 11.9 Å². The molecule has 1 aromatic heterocycles. The SMILES string of the molecule is Cc1cc(C(C)C)nc(NC(C)C(C)C(=O)O)n1. The minimum atomic E-state index is -0.827. The topological polar surface area (TPSA) is 75.1 Å². The van der Waals surface area contributed by atoms with Crippen LogP contribution >= 0.6 is 0 Å². The summed E-state index contributed by atoms with van der Waals surface area (Å²) < 4.78 is 0. The number of carboxylic acids is 1. The van der Waals surface area contributed by atoms with Gasteiger partial charge in [0, 0.05) is 17.4 Å². The highest BCUT2D eigenvalue weighted by atomic mass is 16.4. The molecule has 0 aliphatic carbocycles. The Kier molecular flexibility index (Phi) is 4.64. The fourth-order valence-electron chi connectivity index (χ4n) is 1.50. The number of hydrogen-bond acceptors (Lipinski definition) is 4. The van der Waals surface area contributed by atoms with Gasteiger partial charge in [0.1, 0.15) is 0 Å². The summed E-state index contributed by atoms with van der Waals surface area (Å²) in [6.45, 7) is 9.52. The summed E-state index contributed by atoms with van der Waals surface area (Å²) >= 11 is 0. The first-order valence-corrected chi connectivity index (χ1v) is 6.16. The molecule has 0 radical (unpaired) electrons. The van der Waals surface area contributed by atoms with Crippen LogP contribution in [-0.2, 0) is 4.79 Å². The van der Waals surface area contributed by atoms with E-state index >= 15 is 0 Å². The van der Waals surface area contributed by atoms with Gasteiger partial charge in [-0.2, -0.15) is 0 Å². The van der Waals surface area contributed by atoms with E-state index in [0.717, 1.165) is 11.4 Å². The number of aryl methyl sites for hydroxylation is 1. The van der Waals surface area contributed by atoms with Gasteiger partial charge in [-0.25, -0.2) is 9.97 Å². The third kappa shape index (κ3) is 3.68. The summed E-state index contributed by atoms with van der Waals surface area (Å²) in [5.74, 6) is -0.498. The van der Waals surface area contributed by atoms with Crippen molar-refractivity contribution >= 4 is 11.9 Å². The number of rotatable bonds is 5. The standard InChI is InChI=1S/C13H21N3O2/c1-7(2)11-6-8(3)14-13(16-11)15-10(5)9(4)12(17)18/h6-7,9-10H,1-5H3,(H,17,18)(H,14,15,16). The molecule has 1 rings (SSSR count). The molecule has 0 aromatic carbocycles. The summed E-state index contributed by atoms with van der Waals surface area (Å²) in [5.41, 5.74) is 1.84. The van der Waals surface area contributed by atoms with Gasteiger partial charge in [0.2, 0.25) is 5.95 Å². The van der Waals surface area contributed by atoms with Crippen LogP contribution < -0.4 is 5.32 Å². The van der Waals surface area contributed by atoms with Crippen LogP contribution in [-0.4, -0.2) is 27.1 Å². The predicted molar refractivity (Wildman–Crippen MR) is 70.7 cm³/mol. The molecule has 0 bridgehead atoms. The van der Waals surface area contributed by atoms with E-state index in [2.05, 4.69) is 29.1 Å². The normalized spacial score (nSPS) is 14.3. The second kappa shape index (κ2) is 5.80. The van der Waals surface area contributed by atoms with E-state index in [0.29, 0.717) is 11.9 Å². The van der Waals surface area contributed by atoms with E-state index in [1.165, 1.54) is 0 Å². The van der Waals surface area contributed by atoms with E-state index in [1.807, 2.05) is 19.9 Å². The largest absolute Gasteiger partial charge is 0.481 e. The van der Waals surface area contributed by atoms with Gasteiger partial charge in [0.05, 0.1) is 5.92 Å². The zero-order valence-corrected chi connectivity index (χ0v) is 11.6. The van der Waals surface area contributed by atoms with Crippen molar-refractivity contribution in [2.45, 2.75) is 46.6 Å². The minimum Gasteiger partial charge on any atom is -0.481 e. The minimum absolute atomic E-state index is 0.218. The van der Waals surface area contributed by atoms with Crippen LogP contribution in [0.15, 0.2) is 6.07 Å². The van der Waals surface area contributed by atoms with Gasteiger partial charge in [-0.15, -0.1) is 0 Å². The maximum absolute atomic E-state index is 10.9. The van der Waals surface area contributed by atoms with Crippen molar-refractivity contribution in [1.82, 2.24) is 9.97 Å². The van der Waals surface area contributed by atoms with E-state index in [-0.39, 0.29) is 6.04 Å². The highest BCUT2D eigenvalue weighted by Crippen LogP contribution is 2.16. The van der Waals surface area contributed by atoms with Crippen LogP contribution in [0.2, 0.25) is 0 Å². The molecular formula is C13H21N3O2. The Morgan fingerprint density at radius 1 is 1.28 bits per heavy atom. The average molecular weight is 251 g/mol. The number of carboxylic acid groups (broad SMARTS) is 1. The quantitative estimate of drug-likeness (QED) is 0.840. The highest BCUT2D eigenvalue weighted by molar-refractivity contribution is 5.70. The van der Waals surface area contributed by atoms with Crippen LogP contribution in [0.4, 0.5) is 5.95 Å². The van der Waals surface area contributed by atoms with Gasteiger partial charge in [-0.1, -0.05) is 13.8 Å². The Balaban J connectivity index is 2.87. The predicted octanol–water partition coefficient (Wildman–Crippen LogP) is 2.43. The molecule has 0 saturated heterocycles. The van der Waals surface area contributed by atoms with Crippen molar-refractivity contribution in [2.24, 2.45) is 5.92 Å². The maximum Gasteiger partial charge on any atom is 0.308 e. The zero-order chi connectivity index (χ0) is 13.9. The molecule has 0 aliphatic rings. The summed E-state index contributed by atoms with van der Waals surface area (Å²) in [7, 11) is 0. The molecule has 18 heavy (non-hydrogen) atoms. The van der Waals surface area contributed by atoms with Crippen molar-refractivity contribution in [1.29, 1.82) is 0 Å². The number of anilines is 1. The molecule has 1 aromatic rings. The molecular weight excluding hydrogens is 230 g/mol. The van der Waals surface area contributed by atoms with Crippen molar-refractivity contribution in [3.8, 4) is 0 Å². The van der Waals surface area contributed by atoms with E-state index in [1.54, 1.807) is 6.92 Å². The first-order chi connectivity index (χ1) is 8.31. The molecule has 0 spiro atoms. The van der Waals surface area contributed by atoms with Crippen LogP contribution in [0.25, 0.3) is 0 Å². The number of carbonyl (C=O) groups is 1. The fourth-order valence-corrected chi connectivity index (χ4v) is 1.50. The summed E-state index contributed by atoms with van der Waals surface area (Å²) in [6, 6.07) is 1.73. The number of nitrogens with zero attached hydrogens (tertiary/aromatic N) is 2. The number of hydrogen-bond donors (Lipinski definition) is 2. The maximum atomic E-state index is 10.9. The number of aliphatic carboxylic acids is 1. The molecule has 1 heterocycles. The highest BCUT2D eigenvalue weighted by Gasteiger charge is 2.20. The lowest BCUT2D eigenvalue weighted by atomic mass is 10.0. The van der Waals surface area contributed by atoms with Crippen LogP contribution in [0.1, 0.15) is 45.0 Å². The average Bonchev–Trinajstić information content (AvgIpc) is 2.26. The number of aromatic nitrogens is 2. The number of nitrogens with one attached hydrogen (secondary N) is 1. The molecule has 100 valence electrons. The molecule has 5 heteroatoms. The van der Waals surface area contributed by atoms with Crippen molar-refractivity contribution in [3.05, 3.63) is 17.5 Å². The third-order valence-corrected chi connectivity index (χ3v) is 2.96. The Morgan fingerprint density at radius 3 is 2.39 bits per heavy atom. The van der Waals surface area contributed by atoms with Gasteiger partial charge >= 0.3 is 5.97 Å². The van der Waals surface area contributed by atoms with Gasteiger partial charge < -0.3 is 10.4 Å². The molecule has 0 amide bonds. The van der Waals surface area contributed by atoms with Gasteiger partial charge in [-0.3, -0.25) is 4.79 Å². The van der Waals surface area contributed by atoms with Crippen molar-refractivity contribution in [3.63, 3.8) is 0 Å². The smallest absolute Gasteiger partial charge is 0.308 e. The van der Waals surface area contributed by atoms with Crippen LogP contribution in [0, 0.1) is 12.8 Å². The first kappa shape index (κ1) is 14.4. The fraction of sp³-hybridized carbons (Fsp3) is 0.615. The van der Waals surface area contributed by atoms with Crippen molar-refractivity contribution in [2.75, 3.05) is 5.32 Å². The lowest BCUT2D eigenvalue weighted by molar-refractivity contribution is -0.141. The molecule has 5 nitrogen and oxygen atoms in total. The summed E-state index contributed by atoms with van der Waals surface area (Å²) in [5, 5.41) is 12.0. The van der Waals surface area contributed by atoms with Gasteiger partial charge in [-0.05, 0) is 32.8 Å². The summed E-state index contributed by atoms with van der Waals surface area (Å²) in [6.07, 6.45) is 0. The Hall–Kier alpha value is -1.65. The monoisotopic (exact) mass is 251 g/mol. The van der Waals surface area contributed by atoms with Crippen molar-refractivity contribution < 1.29 is 9.90 Å². The molecule has 2 N–H and O–H groups in total. The van der Waals surface area contributed by atoms with E-state index in [9.17, 15) is 4.79 Å². The zero-order valence-electron chi connectivity index (χ0n) is 11.6.